The molecule has 0 aliphatic heterocycles. The summed E-state index contributed by atoms with van der Waals surface area (Å²) >= 11 is 0. The number of Topliss-reactive ketones (excluding diaryl/α,β-unsaturated/α-hetero) is 1. The van der Waals surface area contributed by atoms with Crippen molar-refractivity contribution in [2.45, 2.75) is 111 Å². The quantitative estimate of drug-likeness (QED) is 0.578. The molecule has 1 N–H and O–H groups in total. The summed E-state index contributed by atoms with van der Waals surface area (Å²) in [5.74, 6) is 0.846. The fourth-order valence-corrected chi connectivity index (χ4v) is 9.00. The first-order chi connectivity index (χ1) is 14.3. The Bertz CT molecular complexity index is 797. The van der Waals surface area contributed by atoms with Gasteiger partial charge in [0.15, 0.2) is 5.78 Å². The van der Waals surface area contributed by atoms with E-state index in [0.29, 0.717) is 24.7 Å². The van der Waals surface area contributed by atoms with Gasteiger partial charge in [-0.3, -0.25) is 9.59 Å². The minimum atomic E-state index is -0.813. The molecule has 0 spiro atoms. The summed E-state index contributed by atoms with van der Waals surface area (Å²) in [6.07, 6.45) is 10.0. The van der Waals surface area contributed by atoms with E-state index >= 15 is 0 Å². The number of esters is 1. The first-order valence-electron chi connectivity index (χ1n) is 12.4. The average Bonchev–Trinajstić information content (AvgIpc) is 2.61. The lowest BCUT2D eigenvalue weighted by Crippen LogP contribution is -2.64. The molecule has 0 aromatic carbocycles. The molecule has 0 aromatic heterocycles. The molecule has 174 valence electrons. The van der Waals surface area contributed by atoms with Crippen LogP contribution < -0.4 is 0 Å². The molecule has 4 rings (SSSR count). The van der Waals surface area contributed by atoms with Gasteiger partial charge in [0.25, 0.3) is 0 Å². The molecule has 3 saturated carbocycles. The number of allylic oxidation sites excluding steroid dienone is 2. The second-order valence-corrected chi connectivity index (χ2v) is 12.7. The van der Waals surface area contributed by atoms with E-state index in [1.807, 2.05) is 13.0 Å². The van der Waals surface area contributed by atoms with E-state index in [0.717, 1.165) is 31.3 Å². The summed E-state index contributed by atoms with van der Waals surface area (Å²) in [5.41, 5.74) is 0.180. The highest BCUT2D eigenvalue weighted by Gasteiger charge is 2.65. The fourth-order valence-electron chi connectivity index (χ4n) is 9.00. The summed E-state index contributed by atoms with van der Waals surface area (Å²) in [7, 11) is 0. The SMILES string of the molecule is CC(=O)OC1CC2(C)CC(O)(C3CC=C(C)C(=O)C3)CCC2C2(C)CCCC(C)(C)C12. The number of carbonyl (C=O) groups excluding carboxylic acids is 2. The Balaban J connectivity index is 1.68. The van der Waals surface area contributed by atoms with Crippen molar-refractivity contribution < 1.29 is 19.4 Å². The third-order valence-electron chi connectivity index (χ3n) is 10.00. The molecular formula is C27H42O4. The molecule has 0 aromatic rings. The van der Waals surface area contributed by atoms with Gasteiger partial charge in [-0.15, -0.1) is 0 Å². The maximum atomic E-state index is 12.4. The summed E-state index contributed by atoms with van der Waals surface area (Å²) in [6.45, 7) is 12.9. The molecule has 4 heteroatoms. The Morgan fingerprint density at radius 2 is 1.87 bits per heavy atom. The lowest BCUT2D eigenvalue weighted by atomic mass is 9.39. The summed E-state index contributed by atoms with van der Waals surface area (Å²) in [6, 6.07) is 0. The number of fused-ring (bicyclic) bond motifs is 3. The van der Waals surface area contributed by atoms with Crippen molar-refractivity contribution >= 4 is 11.8 Å². The van der Waals surface area contributed by atoms with Crippen molar-refractivity contribution in [3.63, 3.8) is 0 Å². The summed E-state index contributed by atoms with van der Waals surface area (Å²) in [5, 5.41) is 11.9. The monoisotopic (exact) mass is 430 g/mol. The van der Waals surface area contributed by atoms with Crippen LogP contribution in [0.4, 0.5) is 0 Å². The molecule has 4 nitrogen and oxygen atoms in total. The van der Waals surface area contributed by atoms with Crippen molar-refractivity contribution in [3.05, 3.63) is 11.6 Å². The number of rotatable bonds is 2. The van der Waals surface area contributed by atoms with Crippen molar-refractivity contribution in [1.29, 1.82) is 0 Å². The number of hydrogen-bond acceptors (Lipinski definition) is 4. The number of aliphatic hydroxyl groups is 1. The minimum Gasteiger partial charge on any atom is -0.462 e. The van der Waals surface area contributed by atoms with Gasteiger partial charge < -0.3 is 9.84 Å². The van der Waals surface area contributed by atoms with Crippen LogP contribution in [0.25, 0.3) is 0 Å². The fraction of sp³-hybridized carbons (Fsp3) is 0.852. The van der Waals surface area contributed by atoms with E-state index in [9.17, 15) is 14.7 Å². The summed E-state index contributed by atoms with van der Waals surface area (Å²) in [4.78, 5) is 24.5. The highest BCUT2D eigenvalue weighted by atomic mass is 16.5. The maximum Gasteiger partial charge on any atom is 0.302 e. The molecule has 7 unspecified atom stereocenters. The number of ether oxygens (including phenoxy) is 1. The van der Waals surface area contributed by atoms with E-state index < -0.39 is 5.60 Å². The molecule has 3 fully saturated rings. The van der Waals surface area contributed by atoms with Crippen LogP contribution in [0.15, 0.2) is 11.6 Å². The summed E-state index contributed by atoms with van der Waals surface area (Å²) < 4.78 is 6.04. The van der Waals surface area contributed by atoms with Gasteiger partial charge in [-0.05, 0) is 85.5 Å². The molecule has 4 aliphatic carbocycles. The Labute approximate surface area is 188 Å². The van der Waals surface area contributed by atoms with Gasteiger partial charge in [-0.25, -0.2) is 0 Å². The van der Waals surface area contributed by atoms with Crippen molar-refractivity contribution in [3.8, 4) is 0 Å². The lowest BCUT2D eigenvalue weighted by Gasteiger charge is -2.67. The van der Waals surface area contributed by atoms with Crippen molar-refractivity contribution in [2.24, 2.45) is 34.0 Å². The van der Waals surface area contributed by atoms with Crippen LogP contribution in [0.5, 0.6) is 0 Å². The standard InChI is InChI=1S/C27H42O4/c1-17-8-9-19(14-20(17)29)27(30)13-10-22-25(5,16-27)15-21(31-18(2)28)23-24(3,4)11-7-12-26(22,23)6/h8,19,21-23,30H,7,9-16H2,1-6H3. The van der Waals surface area contributed by atoms with Gasteiger partial charge in [-0.2, -0.15) is 0 Å². The first kappa shape index (κ1) is 23.0. The number of hydrogen-bond donors (Lipinski definition) is 1. The Morgan fingerprint density at radius 1 is 1.16 bits per heavy atom. The number of carbonyl (C=O) groups is 2. The van der Waals surface area contributed by atoms with Crippen LogP contribution in [0, 0.1) is 34.0 Å². The molecular weight excluding hydrogens is 388 g/mol. The average molecular weight is 431 g/mol. The van der Waals surface area contributed by atoms with Gasteiger partial charge >= 0.3 is 5.97 Å². The maximum absolute atomic E-state index is 12.4. The van der Waals surface area contributed by atoms with Crippen molar-refractivity contribution in [1.82, 2.24) is 0 Å². The van der Waals surface area contributed by atoms with E-state index in [1.165, 1.54) is 26.2 Å². The van der Waals surface area contributed by atoms with E-state index in [2.05, 4.69) is 27.7 Å². The van der Waals surface area contributed by atoms with Gasteiger partial charge in [0.05, 0.1) is 5.60 Å². The van der Waals surface area contributed by atoms with Crippen LogP contribution in [0.3, 0.4) is 0 Å². The predicted molar refractivity (Wildman–Crippen MR) is 121 cm³/mol. The molecule has 4 aliphatic rings. The molecule has 7 atom stereocenters. The predicted octanol–water partition coefficient (Wildman–Crippen LogP) is 5.62. The molecule has 0 heterocycles. The van der Waals surface area contributed by atoms with Crippen molar-refractivity contribution in [2.75, 3.05) is 0 Å². The van der Waals surface area contributed by atoms with Gasteiger partial charge in [-0.1, -0.05) is 40.2 Å². The largest absolute Gasteiger partial charge is 0.462 e. The topological polar surface area (TPSA) is 63.6 Å². The van der Waals surface area contributed by atoms with E-state index in [-0.39, 0.29) is 40.0 Å². The van der Waals surface area contributed by atoms with Crippen LogP contribution in [0.2, 0.25) is 0 Å². The molecule has 0 radical (unpaired) electrons. The first-order valence-corrected chi connectivity index (χ1v) is 12.4. The van der Waals surface area contributed by atoms with Gasteiger partial charge in [0.1, 0.15) is 6.10 Å². The Morgan fingerprint density at radius 3 is 2.52 bits per heavy atom. The molecule has 0 amide bonds. The van der Waals surface area contributed by atoms with Crippen LogP contribution >= 0.6 is 0 Å². The normalized spacial score (nSPS) is 47.1. The molecule has 0 bridgehead atoms. The van der Waals surface area contributed by atoms with Crippen LogP contribution in [-0.2, 0) is 14.3 Å². The van der Waals surface area contributed by atoms with E-state index in [1.54, 1.807) is 0 Å². The highest BCUT2D eigenvalue weighted by molar-refractivity contribution is 5.95. The van der Waals surface area contributed by atoms with E-state index in [4.69, 9.17) is 4.74 Å². The van der Waals surface area contributed by atoms with Gasteiger partial charge in [0, 0.05) is 19.3 Å². The second-order valence-electron chi connectivity index (χ2n) is 12.7. The van der Waals surface area contributed by atoms with Gasteiger partial charge in [0.2, 0.25) is 0 Å². The third-order valence-corrected chi connectivity index (χ3v) is 10.00. The van der Waals surface area contributed by atoms with Crippen LogP contribution in [0.1, 0.15) is 99.3 Å². The Hall–Kier alpha value is -1.16. The number of ketones is 1. The molecule has 31 heavy (non-hydrogen) atoms. The highest BCUT2D eigenvalue weighted by Crippen LogP contribution is 2.69. The lowest BCUT2D eigenvalue weighted by molar-refractivity contribution is -0.233. The van der Waals surface area contributed by atoms with Crippen LogP contribution in [-0.4, -0.2) is 28.6 Å². The zero-order valence-corrected chi connectivity index (χ0v) is 20.4. The third kappa shape index (κ3) is 3.71. The Kier molecular flexibility index (Phi) is 5.52. The second kappa shape index (κ2) is 7.43. The molecule has 0 saturated heterocycles. The zero-order valence-electron chi connectivity index (χ0n) is 20.4. The minimum absolute atomic E-state index is 0.00183. The zero-order chi connectivity index (χ0) is 22.8. The smallest absolute Gasteiger partial charge is 0.302 e.